The zero-order valence-electron chi connectivity index (χ0n) is 25.2. The Bertz CT molecular complexity index is 1450. The van der Waals surface area contributed by atoms with E-state index in [0.29, 0.717) is 37.0 Å². The zero-order chi connectivity index (χ0) is 30.5. The van der Waals surface area contributed by atoms with Gasteiger partial charge in [0, 0.05) is 30.8 Å². The highest BCUT2D eigenvalue weighted by atomic mass is 16.7. The van der Waals surface area contributed by atoms with Gasteiger partial charge in [-0.3, -0.25) is 14.5 Å². The highest BCUT2D eigenvalue weighted by Crippen LogP contribution is 2.49. The summed E-state index contributed by atoms with van der Waals surface area (Å²) in [7, 11) is 1.60. The van der Waals surface area contributed by atoms with E-state index < -0.39 is 23.8 Å². The van der Waals surface area contributed by atoms with E-state index in [1.165, 1.54) is 0 Å². The quantitative estimate of drug-likeness (QED) is 0.273. The Morgan fingerprint density at radius 1 is 1.00 bits per heavy atom. The van der Waals surface area contributed by atoms with Gasteiger partial charge in [0.25, 0.3) is 0 Å². The number of aryl methyl sites for hydroxylation is 3. The highest BCUT2D eigenvalue weighted by molar-refractivity contribution is 5.94. The molecule has 0 unspecified atom stereocenters. The lowest BCUT2D eigenvalue weighted by atomic mass is 9.82. The summed E-state index contributed by atoms with van der Waals surface area (Å²) in [6.45, 7) is 7.43. The molecule has 228 valence electrons. The van der Waals surface area contributed by atoms with Crippen molar-refractivity contribution in [2.45, 2.75) is 45.6 Å². The number of para-hydroxylation sites is 1. The third-order valence-electron chi connectivity index (χ3n) is 8.31. The summed E-state index contributed by atoms with van der Waals surface area (Å²) in [5.74, 6) is -0.585. The molecule has 2 heterocycles. The normalized spacial score (nSPS) is 19.4. The van der Waals surface area contributed by atoms with E-state index in [4.69, 9.17) is 18.9 Å². The Hall–Kier alpha value is -4.08. The number of likely N-dealkylation sites (tertiary alicyclic amines) is 1. The molecule has 0 aliphatic carbocycles. The number of aliphatic carboxylic acids is 1. The summed E-state index contributed by atoms with van der Waals surface area (Å²) < 4.78 is 22.3. The van der Waals surface area contributed by atoms with Gasteiger partial charge >= 0.3 is 5.97 Å². The number of carbonyl (C=O) groups is 2. The predicted octanol–water partition coefficient (Wildman–Crippen LogP) is 5.35. The Kier molecular flexibility index (Phi) is 9.52. The van der Waals surface area contributed by atoms with Crippen LogP contribution in [0.1, 0.15) is 53.6 Å². The first-order valence-corrected chi connectivity index (χ1v) is 14.8. The molecule has 43 heavy (non-hydrogen) atoms. The Labute approximate surface area is 252 Å². The van der Waals surface area contributed by atoms with E-state index in [9.17, 15) is 14.7 Å². The van der Waals surface area contributed by atoms with E-state index in [1.54, 1.807) is 7.11 Å². The molecule has 1 amide bonds. The minimum atomic E-state index is -0.942. The first-order chi connectivity index (χ1) is 20.8. The summed E-state index contributed by atoms with van der Waals surface area (Å²) >= 11 is 0. The minimum Gasteiger partial charge on any atom is -0.491 e. The van der Waals surface area contributed by atoms with Crippen LogP contribution >= 0.6 is 0 Å². The maximum atomic E-state index is 13.8. The summed E-state index contributed by atoms with van der Waals surface area (Å²) in [5, 5.41) is 13.9. The summed E-state index contributed by atoms with van der Waals surface area (Å²) in [6.07, 6.45) is 1.58. The van der Waals surface area contributed by atoms with Crippen LogP contribution in [0, 0.1) is 12.8 Å². The molecule has 9 nitrogen and oxygen atoms in total. The number of nitrogens with one attached hydrogen (secondary N) is 1. The molecule has 2 aliphatic rings. The molecule has 2 aliphatic heterocycles. The number of benzene rings is 3. The van der Waals surface area contributed by atoms with Gasteiger partial charge in [-0.1, -0.05) is 55.8 Å². The van der Waals surface area contributed by atoms with Gasteiger partial charge in [-0.15, -0.1) is 0 Å². The lowest BCUT2D eigenvalue weighted by molar-refractivity contribution is -0.143. The van der Waals surface area contributed by atoms with Crippen molar-refractivity contribution >= 4 is 17.6 Å². The van der Waals surface area contributed by atoms with Crippen LogP contribution < -0.4 is 19.5 Å². The number of methoxy groups -OCH3 is 1. The molecule has 1 saturated heterocycles. The minimum absolute atomic E-state index is 0.0160. The van der Waals surface area contributed by atoms with Gasteiger partial charge in [0.1, 0.15) is 12.4 Å². The molecular weight excluding hydrogens is 548 g/mol. The number of anilines is 1. The molecule has 0 bridgehead atoms. The molecule has 0 aromatic heterocycles. The number of hydrogen-bond donors (Lipinski definition) is 2. The number of fused-ring (bicyclic) bond motifs is 1. The van der Waals surface area contributed by atoms with Crippen molar-refractivity contribution in [3.63, 3.8) is 0 Å². The van der Waals surface area contributed by atoms with Gasteiger partial charge in [-0.25, -0.2) is 0 Å². The first kappa shape index (κ1) is 30.4. The molecule has 0 radical (unpaired) electrons. The first-order valence-electron chi connectivity index (χ1n) is 14.8. The van der Waals surface area contributed by atoms with Crippen molar-refractivity contribution in [3.8, 4) is 17.2 Å². The van der Waals surface area contributed by atoms with Crippen LogP contribution in [-0.4, -0.2) is 62.1 Å². The second-order valence-electron chi connectivity index (χ2n) is 11.1. The number of hydrogen-bond acceptors (Lipinski definition) is 7. The monoisotopic (exact) mass is 588 g/mol. The molecule has 3 aromatic rings. The van der Waals surface area contributed by atoms with Crippen LogP contribution in [-0.2, 0) is 27.2 Å². The van der Waals surface area contributed by atoms with Crippen molar-refractivity contribution in [2.75, 3.05) is 45.5 Å². The second-order valence-corrected chi connectivity index (χ2v) is 11.1. The molecule has 2 N–H and O–H groups in total. The molecular formula is C34H40N2O7. The summed E-state index contributed by atoms with van der Waals surface area (Å²) in [5.41, 5.74) is 5.72. The largest absolute Gasteiger partial charge is 0.491 e. The van der Waals surface area contributed by atoms with E-state index in [1.807, 2.05) is 47.4 Å². The van der Waals surface area contributed by atoms with E-state index in [0.717, 1.165) is 46.3 Å². The van der Waals surface area contributed by atoms with Crippen molar-refractivity contribution in [1.29, 1.82) is 0 Å². The van der Waals surface area contributed by atoms with Crippen molar-refractivity contribution < 1.29 is 33.6 Å². The molecule has 1 fully saturated rings. The maximum Gasteiger partial charge on any atom is 0.309 e. The third-order valence-corrected chi connectivity index (χ3v) is 8.31. The molecule has 3 aromatic carbocycles. The highest BCUT2D eigenvalue weighted by Gasteiger charge is 2.49. The fourth-order valence-corrected chi connectivity index (χ4v) is 6.36. The van der Waals surface area contributed by atoms with Crippen LogP contribution in [0.25, 0.3) is 0 Å². The summed E-state index contributed by atoms with van der Waals surface area (Å²) in [4.78, 5) is 28.8. The second kappa shape index (κ2) is 13.5. The van der Waals surface area contributed by atoms with Crippen molar-refractivity contribution in [3.05, 3.63) is 82.4 Å². The van der Waals surface area contributed by atoms with Crippen LogP contribution in [0.5, 0.6) is 17.2 Å². The SMILES string of the molecule is CCc1cc(C)cc(CC)c1NC(=O)CN1C[C@H](c2ccc3c(c2)OCO3)[C@@H](C(=O)O)[C@@H]1c1ccccc1OCCOC. The Morgan fingerprint density at radius 3 is 2.42 bits per heavy atom. The number of rotatable bonds is 12. The molecule has 5 rings (SSSR count). The van der Waals surface area contributed by atoms with E-state index in [2.05, 4.69) is 38.2 Å². The average molecular weight is 589 g/mol. The standard InChI is InChI=1S/C34H40N2O7/c1-5-22-15-21(3)16-23(6-2)32(22)35-30(37)19-36-18-26(24-11-12-28-29(17-24)43-20-42-28)31(34(38)39)33(36)25-9-7-8-10-27(25)41-14-13-40-4/h7-12,15-17,26,31,33H,5-6,13-14,18-20H2,1-4H3,(H,35,37)(H,38,39)/t26-,31-,33+/m1/s1. The molecule has 0 saturated carbocycles. The fraction of sp³-hybridized carbons (Fsp3) is 0.412. The Balaban J connectivity index is 1.51. The zero-order valence-corrected chi connectivity index (χ0v) is 25.2. The van der Waals surface area contributed by atoms with Crippen LogP contribution in [0.4, 0.5) is 5.69 Å². The van der Waals surface area contributed by atoms with Crippen molar-refractivity contribution in [1.82, 2.24) is 4.90 Å². The Morgan fingerprint density at radius 2 is 1.72 bits per heavy atom. The lowest BCUT2D eigenvalue weighted by Gasteiger charge is -2.28. The molecule has 3 atom stereocenters. The van der Waals surface area contributed by atoms with Crippen LogP contribution in [0.2, 0.25) is 0 Å². The third kappa shape index (κ3) is 6.48. The topological polar surface area (TPSA) is 107 Å². The molecule has 0 spiro atoms. The smallest absolute Gasteiger partial charge is 0.309 e. The molecule has 9 heteroatoms. The lowest BCUT2D eigenvalue weighted by Crippen LogP contribution is -2.35. The average Bonchev–Trinajstić information content (AvgIpc) is 3.62. The number of carboxylic acids is 1. The van der Waals surface area contributed by atoms with Gasteiger partial charge in [0.15, 0.2) is 11.5 Å². The fourth-order valence-electron chi connectivity index (χ4n) is 6.36. The van der Waals surface area contributed by atoms with E-state index in [-0.39, 0.29) is 19.2 Å². The number of nitrogens with zero attached hydrogens (tertiary/aromatic N) is 1. The van der Waals surface area contributed by atoms with Crippen LogP contribution in [0.15, 0.2) is 54.6 Å². The van der Waals surface area contributed by atoms with Gasteiger partial charge in [-0.2, -0.15) is 0 Å². The maximum absolute atomic E-state index is 13.8. The number of carboxylic acid groups (broad SMARTS) is 1. The van der Waals surface area contributed by atoms with Crippen molar-refractivity contribution in [2.24, 2.45) is 5.92 Å². The van der Waals surface area contributed by atoms with Gasteiger partial charge in [0.2, 0.25) is 12.7 Å². The van der Waals surface area contributed by atoms with Gasteiger partial charge in [-0.05, 0) is 54.7 Å². The number of carbonyl (C=O) groups excluding carboxylic acids is 1. The number of ether oxygens (including phenoxy) is 4. The van der Waals surface area contributed by atoms with E-state index >= 15 is 0 Å². The predicted molar refractivity (Wildman–Crippen MR) is 163 cm³/mol. The van der Waals surface area contributed by atoms with Gasteiger partial charge < -0.3 is 29.4 Å². The van der Waals surface area contributed by atoms with Crippen LogP contribution in [0.3, 0.4) is 0 Å². The number of amides is 1. The van der Waals surface area contributed by atoms with Gasteiger partial charge in [0.05, 0.1) is 25.1 Å². The summed E-state index contributed by atoms with van der Waals surface area (Å²) in [6, 6.07) is 16.6.